The van der Waals surface area contributed by atoms with Crippen molar-refractivity contribution >= 4 is 45.7 Å². The van der Waals surface area contributed by atoms with E-state index in [4.69, 9.17) is 11.1 Å². The molecule has 0 aliphatic heterocycles. The molecule has 4 N–H and O–H groups in total. The number of benzene rings is 2. The number of nitrogen functional groups attached to an aromatic ring is 1. The highest BCUT2D eigenvalue weighted by Crippen LogP contribution is 2.36. The first kappa shape index (κ1) is 20.3. The van der Waals surface area contributed by atoms with Gasteiger partial charge in [0.1, 0.15) is 5.84 Å². The minimum atomic E-state index is -1.47. The fourth-order valence-electron chi connectivity index (χ4n) is 2.88. The maximum absolute atomic E-state index is 13.2. The van der Waals surface area contributed by atoms with E-state index in [-0.39, 0.29) is 11.4 Å². The van der Waals surface area contributed by atoms with Gasteiger partial charge >= 0.3 is 5.97 Å². The van der Waals surface area contributed by atoms with Crippen LogP contribution in [0.15, 0.2) is 62.5 Å². The quantitative estimate of drug-likeness (QED) is 0.301. The molecule has 1 unspecified atom stereocenters. The molecule has 0 aliphatic carbocycles. The molecule has 3 rings (SSSR count). The van der Waals surface area contributed by atoms with Gasteiger partial charge in [-0.2, -0.15) is 0 Å². The van der Waals surface area contributed by atoms with Crippen molar-refractivity contribution in [3.05, 3.63) is 64.5 Å². The lowest BCUT2D eigenvalue weighted by molar-refractivity contribution is 0.0697. The minimum absolute atomic E-state index is 0.0525. The molecule has 144 valence electrons. The molecular formula is C20H18N2O3S3. The summed E-state index contributed by atoms with van der Waals surface area (Å²) in [5.41, 5.74) is 7.95. The lowest BCUT2D eigenvalue weighted by atomic mass is 9.95. The molecule has 8 heteroatoms. The van der Waals surface area contributed by atoms with E-state index in [2.05, 4.69) is 0 Å². The summed E-state index contributed by atoms with van der Waals surface area (Å²) in [5.74, 6) is -1.05. The molecule has 0 spiro atoms. The Morgan fingerprint density at radius 3 is 2.57 bits per heavy atom. The molecule has 0 saturated carbocycles. The number of carboxylic acids is 1. The molecule has 28 heavy (non-hydrogen) atoms. The van der Waals surface area contributed by atoms with E-state index < -0.39 is 16.8 Å². The van der Waals surface area contributed by atoms with Crippen molar-refractivity contribution in [2.45, 2.75) is 20.9 Å². The van der Waals surface area contributed by atoms with Crippen LogP contribution in [0.5, 0.6) is 0 Å². The predicted octanol–water partition coefficient (Wildman–Crippen LogP) is 4.59. The number of nitrogens with two attached hydrogens (primary N) is 1. The van der Waals surface area contributed by atoms with Gasteiger partial charge in [0, 0.05) is 4.90 Å². The lowest BCUT2D eigenvalue weighted by Gasteiger charge is -2.11. The van der Waals surface area contributed by atoms with Crippen molar-refractivity contribution in [2.75, 3.05) is 6.26 Å². The summed E-state index contributed by atoms with van der Waals surface area (Å²) >= 11 is 2.80. The third-order valence-electron chi connectivity index (χ3n) is 4.16. The molecule has 0 fully saturated rings. The van der Waals surface area contributed by atoms with E-state index in [9.17, 15) is 14.1 Å². The van der Waals surface area contributed by atoms with Crippen molar-refractivity contribution in [3.63, 3.8) is 0 Å². The zero-order chi connectivity index (χ0) is 20.4. The number of carbonyl (C=O) groups is 1. The summed E-state index contributed by atoms with van der Waals surface area (Å²) < 4.78 is 14.1. The molecule has 3 aromatic rings. The number of thioether (sulfide) groups is 1. The van der Waals surface area contributed by atoms with E-state index in [1.54, 1.807) is 36.4 Å². The third kappa shape index (κ3) is 3.89. The fraction of sp³-hybridized carbons (Fsp3) is 0.100. The van der Waals surface area contributed by atoms with E-state index in [1.165, 1.54) is 23.1 Å². The Balaban J connectivity index is 2.10. The van der Waals surface area contributed by atoms with Gasteiger partial charge in [0.05, 0.1) is 30.3 Å². The van der Waals surface area contributed by atoms with Crippen LogP contribution in [-0.4, -0.2) is 27.4 Å². The highest BCUT2D eigenvalue weighted by atomic mass is 32.2. The van der Waals surface area contributed by atoms with Crippen molar-refractivity contribution in [3.8, 4) is 11.1 Å². The molecular weight excluding hydrogens is 412 g/mol. The Kier molecular flexibility index (Phi) is 6.02. The molecule has 0 aliphatic rings. The number of hydrogen-bond acceptors (Lipinski definition) is 5. The van der Waals surface area contributed by atoms with E-state index in [1.807, 2.05) is 25.3 Å². The van der Waals surface area contributed by atoms with Gasteiger partial charge in [-0.15, -0.1) is 23.1 Å². The second-order valence-corrected chi connectivity index (χ2v) is 9.56. The fourth-order valence-corrected chi connectivity index (χ4v) is 6.36. The number of rotatable bonds is 6. The Morgan fingerprint density at radius 1 is 1.21 bits per heavy atom. The summed E-state index contributed by atoms with van der Waals surface area (Å²) in [4.78, 5) is 13.4. The van der Waals surface area contributed by atoms with Gasteiger partial charge in [-0.25, -0.2) is 9.00 Å². The minimum Gasteiger partial charge on any atom is -0.478 e. The van der Waals surface area contributed by atoms with Crippen LogP contribution in [0.4, 0.5) is 0 Å². The van der Waals surface area contributed by atoms with Gasteiger partial charge in [0.15, 0.2) is 0 Å². The number of aromatic carboxylic acids is 1. The van der Waals surface area contributed by atoms with E-state index in [0.29, 0.717) is 25.8 Å². The molecule has 1 heterocycles. The number of hydrogen-bond donors (Lipinski definition) is 3. The molecule has 0 radical (unpaired) electrons. The predicted molar refractivity (Wildman–Crippen MR) is 115 cm³/mol. The van der Waals surface area contributed by atoms with Crippen molar-refractivity contribution < 1.29 is 14.1 Å². The zero-order valence-corrected chi connectivity index (χ0v) is 17.6. The summed E-state index contributed by atoms with van der Waals surface area (Å²) in [6, 6.07) is 13.9. The first-order chi connectivity index (χ1) is 13.3. The van der Waals surface area contributed by atoms with Crippen LogP contribution >= 0.6 is 23.1 Å². The van der Waals surface area contributed by atoms with Crippen LogP contribution in [0.25, 0.3) is 11.1 Å². The summed E-state index contributed by atoms with van der Waals surface area (Å²) in [5, 5.41) is 17.2. The standard InChI is InChI=1S/C20H18N2O3S3/c1-11-5-3-8-14(19(23)24)17(11)12-6-4-7-13(9-12)28(25)16-10-15(18(21)22)27-20(16)26-2/h3-10H,1-2H3,(H3,21,22)(H,23,24). The Hall–Kier alpha value is -2.42. The van der Waals surface area contributed by atoms with Crippen LogP contribution in [0, 0.1) is 12.3 Å². The van der Waals surface area contributed by atoms with Crippen LogP contribution < -0.4 is 5.73 Å². The van der Waals surface area contributed by atoms with E-state index >= 15 is 0 Å². The summed E-state index contributed by atoms with van der Waals surface area (Å²) in [6.45, 7) is 1.86. The zero-order valence-electron chi connectivity index (χ0n) is 15.2. The van der Waals surface area contributed by atoms with Gasteiger partial charge in [-0.05, 0) is 54.1 Å². The molecule has 0 saturated heterocycles. The van der Waals surface area contributed by atoms with Crippen LogP contribution in [0.2, 0.25) is 0 Å². The van der Waals surface area contributed by atoms with Gasteiger partial charge in [-0.3, -0.25) is 5.41 Å². The number of carboxylic acid groups (broad SMARTS) is 1. The first-order valence-corrected chi connectivity index (χ1v) is 11.4. The maximum atomic E-state index is 13.2. The molecule has 0 bridgehead atoms. The smallest absolute Gasteiger partial charge is 0.336 e. The monoisotopic (exact) mass is 430 g/mol. The van der Waals surface area contributed by atoms with Gasteiger partial charge in [0.25, 0.3) is 0 Å². The number of aryl methyl sites for hydroxylation is 1. The Morgan fingerprint density at radius 2 is 1.93 bits per heavy atom. The van der Waals surface area contributed by atoms with Crippen LogP contribution in [0.1, 0.15) is 20.8 Å². The van der Waals surface area contributed by atoms with Crippen molar-refractivity contribution in [1.82, 2.24) is 0 Å². The molecule has 2 aromatic carbocycles. The normalized spacial score (nSPS) is 11.9. The summed E-state index contributed by atoms with van der Waals surface area (Å²) in [7, 11) is -1.47. The largest absolute Gasteiger partial charge is 0.478 e. The van der Waals surface area contributed by atoms with Crippen molar-refractivity contribution in [1.29, 1.82) is 5.41 Å². The van der Waals surface area contributed by atoms with Crippen molar-refractivity contribution in [2.24, 2.45) is 5.73 Å². The maximum Gasteiger partial charge on any atom is 0.336 e. The third-order valence-corrected chi connectivity index (χ3v) is 8.12. The topological polar surface area (TPSA) is 104 Å². The second-order valence-electron chi connectivity index (χ2n) is 5.98. The average molecular weight is 431 g/mol. The first-order valence-electron chi connectivity index (χ1n) is 8.20. The Bertz CT molecular complexity index is 1110. The number of amidine groups is 1. The van der Waals surface area contributed by atoms with Gasteiger partial charge < -0.3 is 10.8 Å². The van der Waals surface area contributed by atoms with Gasteiger partial charge in [-0.1, -0.05) is 24.3 Å². The highest BCUT2D eigenvalue weighted by molar-refractivity contribution is 8.01. The van der Waals surface area contributed by atoms with Crippen LogP contribution in [-0.2, 0) is 10.8 Å². The van der Waals surface area contributed by atoms with Crippen LogP contribution in [0.3, 0.4) is 0 Å². The second kappa shape index (κ2) is 8.30. The van der Waals surface area contributed by atoms with Gasteiger partial charge in [0.2, 0.25) is 0 Å². The molecule has 5 nitrogen and oxygen atoms in total. The van der Waals surface area contributed by atoms with E-state index in [0.717, 1.165) is 9.77 Å². The lowest BCUT2D eigenvalue weighted by Crippen LogP contribution is -2.08. The molecule has 1 aromatic heterocycles. The average Bonchev–Trinajstić information content (AvgIpc) is 3.12. The molecule has 1 atom stereocenters. The number of nitrogens with one attached hydrogen (secondary N) is 1. The summed E-state index contributed by atoms with van der Waals surface area (Å²) in [6.07, 6.45) is 1.89. The number of thiophene rings is 1. The SMILES string of the molecule is CSc1sc(C(=N)N)cc1S(=O)c1cccc(-c2c(C)cccc2C(=O)O)c1. The molecule has 0 amide bonds. The highest BCUT2D eigenvalue weighted by Gasteiger charge is 2.19. The Labute approximate surface area is 173 Å².